The minimum Gasteiger partial charge on any atom is -0.462 e. The van der Waals surface area contributed by atoms with Crippen molar-refractivity contribution in [3.63, 3.8) is 0 Å². The fraction of sp³-hybridized carbons (Fsp3) is 0.819. The minimum absolute atomic E-state index is 0.0805. The van der Waals surface area contributed by atoms with Crippen molar-refractivity contribution in [2.45, 2.75) is 367 Å². The van der Waals surface area contributed by atoms with Crippen molar-refractivity contribution in [3.05, 3.63) is 60.8 Å². The van der Waals surface area contributed by atoms with E-state index in [1.165, 1.54) is 225 Å². The number of carbonyl (C=O) groups is 3. The Labute approximate surface area is 485 Å². The first-order valence-electron chi connectivity index (χ1n) is 34.3. The van der Waals surface area contributed by atoms with E-state index in [-0.39, 0.29) is 31.1 Å². The lowest BCUT2D eigenvalue weighted by atomic mass is 10.0. The highest BCUT2D eigenvalue weighted by atomic mass is 16.6. The van der Waals surface area contributed by atoms with Gasteiger partial charge in [-0.2, -0.15) is 0 Å². The van der Waals surface area contributed by atoms with Crippen LogP contribution in [0, 0.1) is 0 Å². The SMILES string of the molecule is CC/C=C\C/C=C\C/C=C\C/C=C\CCCCCCC(=O)OCC(COC(=O)CCCCCCCCCCCCCCCCCCCCCCCCCCC)OC(=O)CCCCCCCCC/C=C\CCCCCCCCC. The number of allylic oxidation sites excluding steroid dienone is 10. The third kappa shape index (κ3) is 63.9. The number of esters is 3. The van der Waals surface area contributed by atoms with Crippen LogP contribution in [0.1, 0.15) is 361 Å². The van der Waals surface area contributed by atoms with Crippen LogP contribution in [0.25, 0.3) is 0 Å². The Kier molecular flexibility index (Phi) is 64.2. The molecule has 0 spiro atoms. The van der Waals surface area contributed by atoms with Gasteiger partial charge in [-0.05, 0) is 83.5 Å². The van der Waals surface area contributed by atoms with Crippen molar-refractivity contribution < 1.29 is 28.6 Å². The van der Waals surface area contributed by atoms with Gasteiger partial charge in [0.1, 0.15) is 13.2 Å². The molecule has 454 valence electrons. The Bertz CT molecular complexity index is 1390. The smallest absolute Gasteiger partial charge is 0.306 e. The van der Waals surface area contributed by atoms with Gasteiger partial charge in [-0.3, -0.25) is 14.4 Å². The van der Waals surface area contributed by atoms with Crippen LogP contribution in [0.2, 0.25) is 0 Å². The van der Waals surface area contributed by atoms with E-state index in [0.717, 1.165) is 96.3 Å². The Balaban J connectivity index is 4.31. The van der Waals surface area contributed by atoms with Crippen LogP contribution in [0.5, 0.6) is 0 Å². The van der Waals surface area contributed by atoms with Gasteiger partial charge in [0, 0.05) is 19.3 Å². The van der Waals surface area contributed by atoms with Crippen LogP contribution in [-0.2, 0) is 28.6 Å². The summed E-state index contributed by atoms with van der Waals surface area (Å²) in [5, 5.41) is 0. The molecule has 1 unspecified atom stereocenters. The minimum atomic E-state index is -0.787. The van der Waals surface area contributed by atoms with Gasteiger partial charge in [0.15, 0.2) is 6.10 Å². The van der Waals surface area contributed by atoms with Crippen molar-refractivity contribution in [1.82, 2.24) is 0 Å². The van der Waals surface area contributed by atoms with Crippen LogP contribution in [0.15, 0.2) is 60.8 Å². The first-order valence-corrected chi connectivity index (χ1v) is 34.3. The summed E-state index contributed by atoms with van der Waals surface area (Å²) in [6.07, 6.45) is 85.3. The second-order valence-corrected chi connectivity index (χ2v) is 23.1. The first-order chi connectivity index (χ1) is 38.5. The largest absolute Gasteiger partial charge is 0.462 e. The molecule has 0 aromatic carbocycles. The van der Waals surface area contributed by atoms with Crippen LogP contribution in [-0.4, -0.2) is 37.2 Å². The van der Waals surface area contributed by atoms with Gasteiger partial charge in [0.2, 0.25) is 0 Å². The standard InChI is InChI=1S/C72H130O6/c1-4-7-10-13-16-19-22-25-28-31-33-34-35-36-37-38-39-42-44-47-50-53-56-59-62-65-71(74)77-68-69(67-76-70(73)64-61-58-55-52-49-46-43-40-30-27-24-21-18-15-12-9-6-3)78-72(75)66-63-60-57-54-51-48-45-41-32-29-26-23-20-17-14-11-8-5-2/h9,12,18,21,27,29-30,32,43,46,69H,4-8,10-11,13-17,19-20,22-26,28,31,33-42,44-45,47-68H2,1-3H3/b12-9-,21-18-,30-27-,32-29-,46-43-. The average Bonchev–Trinajstić information content (AvgIpc) is 3.44. The lowest BCUT2D eigenvalue weighted by Gasteiger charge is -2.18. The van der Waals surface area contributed by atoms with Gasteiger partial charge in [-0.15, -0.1) is 0 Å². The molecular weight excluding hydrogens is 961 g/mol. The zero-order valence-electron chi connectivity index (χ0n) is 52.2. The molecule has 0 fully saturated rings. The third-order valence-electron chi connectivity index (χ3n) is 15.3. The summed E-state index contributed by atoms with van der Waals surface area (Å²) in [5.74, 6) is -0.888. The molecule has 0 aliphatic rings. The van der Waals surface area contributed by atoms with Gasteiger partial charge in [-0.1, -0.05) is 319 Å². The number of ether oxygens (including phenoxy) is 3. The molecular formula is C72H130O6. The summed E-state index contributed by atoms with van der Waals surface area (Å²) in [5.41, 5.74) is 0. The number of carbonyl (C=O) groups excluding carboxylic acids is 3. The maximum absolute atomic E-state index is 12.9. The van der Waals surface area contributed by atoms with E-state index in [9.17, 15) is 14.4 Å². The normalized spacial score (nSPS) is 12.4. The molecule has 0 aromatic rings. The fourth-order valence-corrected chi connectivity index (χ4v) is 10.1. The predicted octanol–water partition coefficient (Wildman–Crippen LogP) is 23.5. The van der Waals surface area contributed by atoms with Crippen molar-refractivity contribution in [1.29, 1.82) is 0 Å². The van der Waals surface area contributed by atoms with Gasteiger partial charge in [-0.25, -0.2) is 0 Å². The third-order valence-corrected chi connectivity index (χ3v) is 15.3. The summed E-state index contributed by atoms with van der Waals surface area (Å²) in [6, 6.07) is 0. The van der Waals surface area contributed by atoms with Crippen LogP contribution in [0.4, 0.5) is 0 Å². The molecule has 1 atom stereocenters. The molecule has 0 amide bonds. The molecule has 78 heavy (non-hydrogen) atoms. The maximum Gasteiger partial charge on any atom is 0.306 e. The lowest BCUT2D eigenvalue weighted by Crippen LogP contribution is -2.30. The zero-order valence-corrected chi connectivity index (χ0v) is 52.2. The molecule has 6 heteroatoms. The fourth-order valence-electron chi connectivity index (χ4n) is 10.1. The number of rotatable bonds is 63. The molecule has 0 bridgehead atoms. The summed E-state index contributed by atoms with van der Waals surface area (Å²) >= 11 is 0. The van der Waals surface area contributed by atoms with E-state index < -0.39 is 6.10 Å². The molecule has 0 aliphatic carbocycles. The molecule has 0 saturated heterocycles. The number of hydrogen-bond donors (Lipinski definition) is 0. The monoisotopic (exact) mass is 1090 g/mol. The maximum atomic E-state index is 12.9. The molecule has 0 radical (unpaired) electrons. The van der Waals surface area contributed by atoms with Crippen LogP contribution in [0.3, 0.4) is 0 Å². The average molecular weight is 1090 g/mol. The van der Waals surface area contributed by atoms with Crippen molar-refractivity contribution in [3.8, 4) is 0 Å². The highest BCUT2D eigenvalue weighted by molar-refractivity contribution is 5.71. The molecule has 0 rings (SSSR count). The highest BCUT2D eigenvalue weighted by Gasteiger charge is 2.19. The van der Waals surface area contributed by atoms with Crippen molar-refractivity contribution in [2.24, 2.45) is 0 Å². The second-order valence-electron chi connectivity index (χ2n) is 23.1. The molecule has 0 heterocycles. The molecule has 0 saturated carbocycles. The van der Waals surface area contributed by atoms with E-state index in [1.807, 2.05) is 0 Å². The summed E-state index contributed by atoms with van der Waals surface area (Å²) < 4.78 is 17.0. The van der Waals surface area contributed by atoms with E-state index >= 15 is 0 Å². The molecule has 0 N–H and O–H groups in total. The van der Waals surface area contributed by atoms with E-state index in [4.69, 9.17) is 14.2 Å². The van der Waals surface area contributed by atoms with Crippen molar-refractivity contribution in [2.75, 3.05) is 13.2 Å². The van der Waals surface area contributed by atoms with E-state index in [2.05, 4.69) is 81.5 Å². The molecule has 0 aliphatic heterocycles. The Morgan fingerprint density at radius 2 is 0.500 bits per heavy atom. The first kappa shape index (κ1) is 75.1. The number of hydrogen-bond acceptors (Lipinski definition) is 6. The Morgan fingerprint density at radius 1 is 0.269 bits per heavy atom. The van der Waals surface area contributed by atoms with Gasteiger partial charge < -0.3 is 14.2 Å². The van der Waals surface area contributed by atoms with Crippen LogP contribution >= 0.6 is 0 Å². The van der Waals surface area contributed by atoms with Gasteiger partial charge in [0.05, 0.1) is 0 Å². The highest BCUT2D eigenvalue weighted by Crippen LogP contribution is 2.18. The zero-order chi connectivity index (χ0) is 56.4. The molecule has 6 nitrogen and oxygen atoms in total. The summed E-state index contributed by atoms with van der Waals surface area (Å²) in [6.45, 7) is 6.56. The van der Waals surface area contributed by atoms with E-state index in [1.54, 1.807) is 0 Å². The summed E-state index contributed by atoms with van der Waals surface area (Å²) in [4.78, 5) is 38.4. The predicted molar refractivity (Wildman–Crippen MR) is 339 cm³/mol. The van der Waals surface area contributed by atoms with Gasteiger partial charge >= 0.3 is 17.9 Å². The number of unbranched alkanes of at least 4 members (excludes halogenated alkanes) is 42. The molecule has 0 aromatic heterocycles. The Morgan fingerprint density at radius 3 is 0.795 bits per heavy atom. The quantitative estimate of drug-likeness (QED) is 0.0261. The topological polar surface area (TPSA) is 78.9 Å². The van der Waals surface area contributed by atoms with E-state index in [0.29, 0.717) is 19.3 Å². The van der Waals surface area contributed by atoms with Crippen LogP contribution < -0.4 is 0 Å². The van der Waals surface area contributed by atoms with Crippen molar-refractivity contribution >= 4 is 17.9 Å². The second kappa shape index (κ2) is 66.6. The Hall–Kier alpha value is -2.89. The summed E-state index contributed by atoms with van der Waals surface area (Å²) in [7, 11) is 0. The van der Waals surface area contributed by atoms with Gasteiger partial charge in [0.25, 0.3) is 0 Å². The lowest BCUT2D eigenvalue weighted by molar-refractivity contribution is -0.167.